The van der Waals surface area contributed by atoms with Crippen LogP contribution in [0.3, 0.4) is 0 Å². The number of esters is 1. The summed E-state index contributed by atoms with van der Waals surface area (Å²) in [5, 5.41) is 2.88. The van der Waals surface area contributed by atoms with Gasteiger partial charge in [-0.3, -0.25) is 4.79 Å². The van der Waals surface area contributed by atoms with Crippen LogP contribution < -0.4 is 5.32 Å². The second-order valence-corrected chi connectivity index (χ2v) is 7.35. The van der Waals surface area contributed by atoms with Gasteiger partial charge in [0.1, 0.15) is 6.61 Å². The van der Waals surface area contributed by atoms with Crippen LogP contribution in [0.4, 0.5) is 0 Å². The summed E-state index contributed by atoms with van der Waals surface area (Å²) in [6, 6.07) is 14.8. The zero-order valence-electron chi connectivity index (χ0n) is 15.4. The number of hydrogen-bond donors (Lipinski definition) is 1. The molecule has 1 amide bonds. The number of ether oxygens (including phenoxy) is 1. The molecule has 138 valence electrons. The summed E-state index contributed by atoms with van der Waals surface area (Å²) in [6.07, 6.45) is 0.778. The van der Waals surface area contributed by atoms with Crippen LogP contribution in [0.15, 0.2) is 48.5 Å². The van der Waals surface area contributed by atoms with Gasteiger partial charge < -0.3 is 14.6 Å². The van der Waals surface area contributed by atoms with E-state index in [4.69, 9.17) is 4.74 Å². The predicted octanol–water partition coefficient (Wildman–Crippen LogP) is 3.26. The maximum absolute atomic E-state index is 12.5. The molecular formula is C21H21N3O3. The van der Waals surface area contributed by atoms with E-state index in [9.17, 15) is 9.59 Å². The molecule has 0 spiro atoms. The van der Waals surface area contributed by atoms with Gasteiger partial charge in [0.2, 0.25) is 5.82 Å². The minimum absolute atomic E-state index is 0.190. The second kappa shape index (κ2) is 6.54. The fourth-order valence-corrected chi connectivity index (χ4v) is 3.45. The minimum atomic E-state index is -0.396. The monoisotopic (exact) mass is 363 g/mol. The smallest absolute Gasteiger partial charge is 0.338 e. The number of aromatic nitrogens is 2. The van der Waals surface area contributed by atoms with Crippen molar-refractivity contribution in [3.8, 4) is 0 Å². The van der Waals surface area contributed by atoms with Gasteiger partial charge in [-0.2, -0.15) is 0 Å². The fraction of sp³-hybridized carbons (Fsp3) is 0.286. The highest BCUT2D eigenvalue weighted by atomic mass is 16.5. The van der Waals surface area contributed by atoms with Gasteiger partial charge in [0.25, 0.3) is 5.91 Å². The van der Waals surface area contributed by atoms with Gasteiger partial charge in [0.05, 0.1) is 16.6 Å². The van der Waals surface area contributed by atoms with Gasteiger partial charge in [-0.1, -0.05) is 30.3 Å². The average molecular weight is 363 g/mol. The Morgan fingerprint density at radius 1 is 1.22 bits per heavy atom. The van der Waals surface area contributed by atoms with Crippen molar-refractivity contribution in [3.63, 3.8) is 0 Å². The largest absolute Gasteiger partial charge is 0.457 e. The fourth-order valence-electron chi connectivity index (χ4n) is 3.45. The summed E-state index contributed by atoms with van der Waals surface area (Å²) >= 11 is 0. The lowest BCUT2D eigenvalue weighted by Crippen LogP contribution is -2.27. The van der Waals surface area contributed by atoms with E-state index in [1.165, 1.54) is 0 Å². The third-order valence-electron chi connectivity index (χ3n) is 4.93. The lowest BCUT2D eigenvalue weighted by molar-refractivity contribution is 0.0472. The Balaban J connectivity index is 1.69. The van der Waals surface area contributed by atoms with Crippen LogP contribution in [0.5, 0.6) is 0 Å². The van der Waals surface area contributed by atoms with Crippen LogP contribution in [0.25, 0.3) is 11.0 Å². The third kappa shape index (κ3) is 3.18. The number of benzene rings is 2. The zero-order valence-corrected chi connectivity index (χ0v) is 15.4. The van der Waals surface area contributed by atoms with E-state index in [1.54, 1.807) is 18.2 Å². The van der Waals surface area contributed by atoms with Crippen molar-refractivity contribution in [3.05, 3.63) is 65.5 Å². The van der Waals surface area contributed by atoms with Crippen molar-refractivity contribution in [2.45, 2.75) is 32.4 Å². The highest BCUT2D eigenvalue weighted by Crippen LogP contribution is 2.30. The van der Waals surface area contributed by atoms with E-state index < -0.39 is 5.97 Å². The number of carbonyl (C=O) groups is 2. The summed E-state index contributed by atoms with van der Waals surface area (Å²) in [7, 11) is 0. The van der Waals surface area contributed by atoms with Crippen LogP contribution in [0, 0.1) is 0 Å². The van der Waals surface area contributed by atoms with Crippen LogP contribution in [-0.4, -0.2) is 28.0 Å². The van der Waals surface area contributed by atoms with Gasteiger partial charge >= 0.3 is 5.97 Å². The molecule has 6 heteroatoms. The topological polar surface area (TPSA) is 73.2 Å². The van der Waals surface area contributed by atoms with E-state index in [0.717, 1.165) is 17.5 Å². The standard InChI is InChI=1S/C21H21N3O3/c1-21(2)10-11-22-19(25)18-23-16-9-8-15(12-17(16)24(18)21)20(26)27-13-14-6-4-3-5-7-14/h3-9,12H,10-11,13H2,1-2H3,(H,22,25). The summed E-state index contributed by atoms with van der Waals surface area (Å²) in [6.45, 7) is 4.95. The Morgan fingerprint density at radius 3 is 2.78 bits per heavy atom. The van der Waals surface area contributed by atoms with Crippen molar-refractivity contribution in [2.75, 3.05) is 6.54 Å². The normalized spacial score (nSPS) is 15.7. The molecule has 4 rings (SSSR count). The summed E-state index contributed by atoms with van der Waals surface area (Å²) in [5.74, 6) is -0.209. The van der Waals surface area contributed by atoms with E-state index in [0.29, 0.717) is 23.4 Å². The van der Waals surface area contributed by atoms with Crippen LogP contribution in [-0.2, 0) is 16.9 Å². The Morgan fingerprint density at radius 2 is 2.00 bits per heavy atom. The van der Waals surface area contributed by atoms with Gasteiger partial charge in [0, 0.05) is 12.1 Å². The van der Waals surface area contributed by atoms with Crippen LogP contribution in [0.1, 0.15) is 46.8 Å². The molecule has 3 aromatic rings. The number of amides is 1. The second-order valence-electron chi connectivity index (χ2n) is 7.35. The summed E-state index contributed by atoms with van der Waals surface area (Å²) in [4.78, 5) is 29.4. The van der Waals surface area contributed by atoms with Crippen LogP contribution in [0.2, 0.25) is 0 Å². The third-order valence-corrected chi connectivity index (χ3v) is 4.93. The predicted molar refractivity (Wildman–Crippen MR) is 102 cm³/mol. The van der Waals surface area contributed by atoms with Crippen molar-refractivity contribution in [1.82, 2.24) is 14.9 Å². The molecule has 0 saturated carbocycles. The van der Waals surface area contributed by atoms with Crippen molar-refractivity contribution in [2.24, 2.45) is 0 Å². The maximum Gasteiger partial charge on any atom is 0.338 e. The molecule has 6 nitrogen and oxygen atoms in total. The maximum atomic E-state index is 12.5. The number of carbonyl (C=O) groups excluding carboxylic acids is 2. The molecule has 0 saturated heterocycles. The quantitative estimate of drug-likeness (QED) is 0.725. The first-order valence-electron chi connectivity index (χ1n) is 8.98. The van der Waals surface area contributed by atoms with E-state index in [-0.39, 0.29) is 18.1 Å². The molecule has 0 fully saturated rings. The van der Waals surface area contributed by atoms with E-state index in [1.807, 2.05) is 34.9 Å². The van der Waals surface area contributed by atoms with Gasteiger partial charge in [-0.05, 0) is 44.0 Å². The average Bonchev–Trinajstić information content (AvgIpc) is 3.01. The highest BCUT2D eigenvalue weighted by Gasteiger charge is 2.32. The number of nitrogens with zero attached hydrogens (tertiary/aromatic N) is 2. The molecule has 1 aliphatic rings. The first-order valence-corrected chi connectivity index (χ1v) is 8.98. The molecule has 2 aromatic carbocycles. The number of hydrogen-bond acceptors (Lipinski definition) is 4. The highest BCUT2D eigenvalue weighted by molar-refractivity contribution is 5.98. The Labute approximate surface area is 157 Å². The Kier molecular flexibility index (Phi) is 4.18. The number of fused-ring (bicyclic) bond motifs is 3. The molecule has 1 aromatic heterocycles. The lowest BCUT2D eigenvalue weighted by atomic mass is 10.00. The van der Waals surface area contributed by atoms with Crippen LogP contribution >= 0.6 is 0 Å². The lowest BCUT2D eigenvalue weighted by Gasteiger charge is -2.26. The minimum Gasteiger partial charge on any atom is -0.457 e. The molecule has 1 aliphatic heterocycles. The molecular weight excluding hydrogens is 342 g/mol. The van der Waals surface area contributed by atoms with Crippen molar-refractivity contribution >= 4 is 22.9 Å². The van der Waals surface area contributed by atoms with Gasteiger partial charge in [-0.25, -0.2) is 9.78 Å². The first kappa shape index (κ1) is 17.3. The molecule has 2 heterocycles. The number of nitrogens with one attached hydrogen (secondary N) is 1. The molecule has 0 unspecified atom stereocenters. The molecule has 0 aliphatic carbocycles. The van der Waals surface area contributed by atoms with Crippen molar-refractivity contribution in [1.29, 1.82) is 0 Å². The molecule has 0 atom stereocenters. The summed E-state index contributed by atoms with van der Waals surface area (Å²) < 4.78 is 7.36. The number of imidazole rings is 1. The number of rotatable bonds is 3. The first-order chi connectivity index (χ1) is 13.0. The van der Waals surface area contributed by atoms with Gasteiger partial charge in [-0.15, -0.1) is 0 Å². The van der Waals surface area contributed by atoms with E-state index in [2.05, 4.69) is 24.1 Å². The summed E-state index contributed by atoms with van der Waals surface area (Å²) in [5.41, 5.74) is 2.54. The molecule has 27 heavy (non-hydrogen) atoms. The zero-order chi connectivity index (χ0) is 19.0. The van der Waals surface area contributed by atoms with E-state index >= 15 is 0 Å². The molecule has 0 radical (unpaired) electrons. The molecule has 1 N–H and O–H groups in total. The SMILES string of the molecule is CC1(C)CCNC(=O)c2nc3ccc(C(=O)OCc4ccccc4)cc3n21. The Bertz CT molecular complexity index is 1020. The Hall–Kier alpha value is -3.15. The van der Waals surface area contributed by atoms with Crippen molar-refractivity contribution < 1.29 is 14.3 Å². The van der Waals surface area contributed by atoms with Gasteiger partial charge in [0.15, 0.2) is 0 Å². The molecule has 0 bridgehead atoms.